The molecule has 4 nitrogen and oxygen atoms in total. The second-order valence-corrected chi connectivity index (χ2v) is 6.38. The van der Waals surface area contributed by atoms with Crippen molar-refractivity contribution in [2.75, 3.05) is 18.4 Å². The lowest BCUT2D eigenvalue weighted by atomic mass is 9.79. The van der Waals surface area contributed by atoms with Gasteiger partial charge in [0.25, 0.3) is 0 Å². The van der Waals surface area contributed by atoms with Gasteiger partial charge in [0.2, 0.25) is 0 Å². The number of amides is 2. The van der Waals surface area contributed by atoms with Crippen LogP contribution in [0.1, 0.15) is 19.3 Å². The third-order valence-corrected chi connectivity index (χ3v) is 4.69. The third-order valence-electron chi connectivity index (χ3n) is 4.45. The first kappa shape index (κ1) is 13.7. The summed E-state index contributed by atoms with van der Waals surface area (Å²) in [4.78, 5) is 14.2. The van der Waals surface area contributed by atoms with Crippen LogP contribution < -0.4 is 11.1 Å². The number of nitrogens with one attached hydrogen (secondary N) is 1. The van der Waals surface area contributed by atoms with E-state index >= 15 is 0 Å². The molecular formula is C15H20ClN3O. The van der Waals surface area contributed by atoms with E-state index < -0.39 is 0 Å². The normalized spacial score (nSPS) is 29.1. The molecule has 2 aliphatic rings. The first-order valence-electron chi connectivity index (χ1n) is 7.19. The summed E-state index contributed by atoms with van der Waals surface area (Å²) in [5.74, 6) is 1.20. The quantitative estimate of drug-likeness (QED) is 0.836. The number of carbonyl (C=O) groups is 1. The minimum absolute atomic E-state index is 0.0322. The van der Waals surface area contributed by atoms with Gasteiger partial charge in [-0.2, -0.15) is 0 Å². The Kier molecular flexibility index (Phi) is 3.85. The minimum atomic E-state index is -0.0322. The van der Waals surface area contributed by atoms with Crippen LogP contribution in [0.25, 0.3) is 0 Å². The molecule has 0 radical (unpaired) electrons. The smallest absolute Gasteiger partial charge is 0.321 e. The Morgan fingerprint density at radius 3 is 2.90 bits per heavy atom. The molecule has 1 aliphatic carbocycles. The zero-order chi connectivity index (χ0) is 14.1. The van der Waals surface area contributed by atoms with Gasteiger partial charge >= 0.3 is 6.03 Å². The van der Waals surface area contributed by atoms with Crippen molar-refractivity contribution >= 4 is 23.3 Å². The van der Waals surface area contributed by atoms with Crippen molar-refractivity contribution < 1.29 is 4.79 Å². The predicted octanol–water partition coefficient (Wildman–Crippen LogP) is 2.93. The Labute approximate surface area is 124 Å². The van der Waals surface area contributed by atoms with Crippen molar-refractivity contribution in [2.45, 2.75) is 25.3 Å². The van der Waals surface area contributed by atoms with E-state index in [0.717, 1.165) is 38.0 Å². The number of fused-ring (bicyclic) bond motifs is 1. The van der Waals surface area contributed by atoms with Crippen molar-refractivity contribution in [2.24, 2.45) is 17.6 Å². The maximum absolute atomic E-state index is 12.3. The fraction of sp³-hybridized carbons (Fsp3) is 0.533. The van der Waals surface area contributed by atoms with E-state index in [1.807, 2.05) is 17.0 Å². The fourth-order valence-electron chi connectivity index (χ4n) is 3.40. The molecule has 1 unspecified atom stereocenters. The standard InChI is InChI=1S/C15H20ClN3O/c16-12-2-1-3-14(7-12)18-15(20)19-8-10-4-5-13(17)6-11(10)9-19/h1-3,7,10-11,13H,4-6,8-9,17H2,(H,18,20)/t10-,11+,13?/m1/s1. The van der Waals surface area contributed by atoms with Gasteiger partial charge in [0, 0.05) is 29.8 Å². The molecule has 1 heterocycles. The molecule has 5 heteroatoms. The maximum Gasteiger partial charge on any atom is 0.321 e. The number of urea groups is 1. The largest absolute Gasteiger partial charge is 0.328 e. The number of nitrogens with two attached hydrogens (primary N) is 1. The Hall–Kier alpha value is -1.26. The summed E-state index contributed by atoms with van der Waals surface area (Å²) >= 11 is 5.92. The summed E-state index contributed by atoms with van der Waals surface area (Å²) in [6, 6.07) is 7.52. The molecule has 0 bridgehead atoms. The van der Waals surface area contributed by atoms with E-state index in [0.29, 0.717) is 22.9 Å². The highest BCUT2D eigenvalue weighted by atomic mass is 35.5. The molecule has 3 N–H and O–H groups in total. The molecule has 20 heavy (non-hydrogen) atoms. The molecule has 1 saturated heterocycles. The molecule has 1 aromatic carbocycles. The molecule has 1 saturated carbocycles. The molecular weight excluding hydrogens is 274 g/mol. The van der Waals surface area contributed by atoms with E-state index in [4.69, 9.17) is 17.3 Å². The molecule has 0 aromatic heterocycles. The highest BCUT2D eigenvalue weighted by molar-refractivity contribution is 6.30. The van der Waals surface area contributed by atoms with Gasteiger partial charge in [0.15, 0.2) is 0 Å². The maximum atomic E-state index is 12.3. The lowest BCUT2D eigenvalue weighted by Gasteiger charge is -2.27. The van der Waals surface area contributed by atoms with Crippen LogP contribution in [0.5, 0.6) is 0 Å². The van der Waals surface area contributed by atoms with Crippen LogP contribution in [0.2, 0.25) is 5.02 Å². The van der Waals surface area contributed by atoms with Crippen molar-refractivity contribution in [1.29, 1.82) is 0 Å². The van der Waals surface area contributed by atoms with Gasteiger partial charge in [-0.1, -0.05) is 17.7 Å². The van der Waals surface area contributed by atoms with Gasteiger partial charge in [-0.05, 0) is 49.3 Å². The SMILES string of the molecule is NC1CC[C@@H]2CN(C(=O)Nc3cccc(Cl)c3)C[C@@H]2C1. The second-order valence-electron chi connectivity index (χ2n) is 5.94. The van der Waals surface area contributed by atoms with Gasteiger partial charge < -0.3 is 16.0 Å². The van der Waals surface area contributed by atoms with Crippen LogP contribution in [-0.2, 0) is 0 Å². The second kappa shape index (κ2) is 5.62. The van der Waals surface area contributed by atoms with Gasteiger partial charge in [0.1, 0.15) is 0 Å². The van der Waals surface area contributed by atoms with Gasteiger partial charge in [-0.15, -0.1) is 0 Å². The van der Waals surface area contributed by atoms with Crippen LogP contribution in [0.3, 0.4) is 0 Å². The summed E-state index contributed by atoms with van der Waals surface area (Å²) in [7, 11) is 0. The molecule has 108 valence electrons. The number of rotatable bonds is 1. The van der Waals surface area contributed by atoms with Crippen molar-refractivity contribution in [3.05, 3.63) is 29.3 Å². The van der Waals surface area contributed by atoms with E-state index in [1.165, 1.54) is 0 Å². The minimum Gasteiger partial charge on any atom is -0.328 e. The molecule has 0 spiro atoms. The monoisotopic (exact) mass is 293 g/mol. The van der Waals surface area contributed by atoms with Crippen LogP contribution in [0.4, 0.5) is 10.5 Å². The number of hydrogen-bond donors (Lipinski definition) is 2. The van der Waals surface area contributed by atoms with Crippen LogP contribution in [0, 0.1) is 11.8 Å². The number of likely N-dealkylation sites (tertiary alicyclic amines) is 1. The molecule has 3 atom stereocenters. The lowest BCUT2D eigenvalue weighted by Crippen LogP contribution is -2.33. The topological polar surface area (TPSA) is 58.4 Å². The number of halogens is 1. The molecule has 2 amide bonds. The predicted molar refractivity (Wildman–Crippen MR) is 80.9 cm³/mol. The van der Waals surface area contributed by atoms with Crippen LogP contribution >= 0.6 is 11.6 Å². The van der Waals surface area contributed by atoms with Crippen LogP contribution in [0.15, 0.2) is 24.3 Å². The number of hydrogen-bond acceptors (Lipinski definition) is 2. The summed E-state index contributed by atoms with van der Waals surface area (Å²) in [6.07, 6.45) is 3.28. The van der Waals surface area contributed by atoms with Gasteiger partial charge in [-0.25, -0.2) is 4.79 Å². The zero-order valence-corrected chi connectivity index (χ0v) is 12.1. The van der Waals surface area contributed by atoms with Gasteiger partial charge in [0.05, 0.1) is 0 Å². The first-order valence-corrected chi connectivity index (χ1v) is 7.56. The lowest BCUT2D eigenvalue weighted by molar-refractivity contribution is 0.220. The Morgan fingerprint density at radius 2 is 2.10 bits per heavy atom. The van der Waals surface area contributed by atoms with E-state index in [1.54, 1.807) is 12.1 Å². The van der Waals surface area contributed by atoms with Crippen molar-refractivity contribution in [1.82, 2.24) is 4.90 Å². The average Bonchev–Trinajstić information content (AvgIpc) is 2.81. The van der Waals surface area contributed by atoms with Crippen LogP contribution in [-0.4, -0.2) is 30.1 Å². The zero-order valence-electron chi connectivity index (χ0n) is 11.4. The summed E-state index contributed by atoms with van der Waals surface area (Å²) in [5.41, 5.74) is 6.76. The molecule has 1 aromatic rings. The number of benzene rings is 1. The van der Waals surface area contributed by atoms with Crippen molar-refractivity contribution in [3.8, 4) is 0 Å². The fourth-order valence-corrected chi connectivity index (χ4v) is 3.59. The van der Waals surface area contributed by atoms with Gasteiger partial charge in [-0.3, -0.25) is 0 Å². The summed E-state index contributed by atoms with van der Waals surface area (Å²) < 4.78 is 0. The number of anilines is 1. The molecule has 3 rings (SSSR count). The Bertz CT molecular complexity index is 508. The molecule has 1 aliphatic heterocycles. The van der Waals surface area contributed by atoms with E-state index in [2.05, 4.69) is 5.32 Å². The summed E-state index contributed by atoms with van der Waals surface area (Å²) in [5, 5.41) is 3.55. The average molecular weight is 294 g/mol. The highest BCUT2D eigenvalue weighted by Gasteiger charge is 2.38. The third kappa shape index (κ3) is 2.91. The number of nitrogens with zero attached hydrogens (tertiary/aromatic N) is 1. The Balaban J connectivity index is 1.61. The van der Waals surface area contributed by atoms with E-state index in [9.17, 15) is 4.79 Å². The first-order chi connectivity index (χ1) is 9.61. The van der Waals surface area contributed by atoms with Crippen molar-refractivity contribution in [3.63, 3.8) is 0 Å². The highest BCUT2D eigenvalue weighted by Crippen LogP contribution is 2.35. The van der Waals surface area contributed by atoms with E-state index in [-0.39, 0.29) is 6.03 Å². The summed E-state index contributed by atoms with van der Waals surface area (Å²) in [6.45, 7) is 1.68. The number of carbonyl (C=O) groups excluding carboxylic acids is 1. The Morgan fingerprint density at radius 1 is 1.30 bits per heavy atom. The molecule has 2 fully saturated rings.